The largest absolute Gasteiger partial charge is 0.443 e. The van der Waals surface area contributed by atoms with Crippen LogP contribution < -0.4 is 5.32 Å². The molecule has 0 saturated carbocycles. The van der Waals surface area contributed by atoms with Gasteiger partial charge in [0, 0.05) is 26.6 Å². The molecule has 0 aliphatic heterocycles. The van der Waals surface area contributed by atoms with E-state index in [1.165, 1.54) is 6.39 Å². The van der Waals surface area contributed by atoms with Crippen LogP contribution in [0.2, 0.25) is 0 Å². The van der Waals surface area contributed by atoms with E-state index in [0.717, 1.165) is 26.0 Å². The number of hydrogen-bond acceptors (Lipinski definition) is 3. The molecule has 0 unspecified atom stereocenters. The molecular weight excluding hydrogens is 372 g/mol. The summed E-state index contributed by atoms with van der Waals surface area (Å²) in [6.45, 7) is 7.06. The van der Waals surface area contributed by atoms with E-state index < -0.39 is 0 Å². The number of hydrogen-bond donors (Lipinski definition) is 1. The Morgan fingerprint density at radius 1 is 1.26 bits per heavy atom. The standard InChI is InChI=1S/C14H16Br2N2O/c1-14(2,3)18-7-12-13(19-8-17-12)10-6-9(15)4-5-11(10)16/h4-6,8,18H,7H2,1-3H3. The number of oxazole rings is 1. The summed E-state index contributed by atoms with van der Waals surface area (Å²) in [6, 6.07) is 5.99. The molecule has 0 amide bonds. The van der Waals surface area contributed by atoms with E-state index in [1.54, 1.807) is 0 Å². The Morgan fingerprint density at radius 3 is 2.68 bits per heavy atom. The minimum atomic E-state index is 0.0464. The predicted molar refractivity (Wildman–Crippen MR) is 83.9 cm³/mol. The van der Waals surface area contributed by atoms with E-state index in [1.807, 2.05) is 18.2 Å². The van der Waals surface area contributed by atoms with Crippen LogP contribution in [0.1, 0.15) is 26.5 Å². The van der Waals surface area contributed by atoms with E-state index >= 15 is 0 Å². The Bertz CT molecular complexity index is 573. The highest BCUT2D eigenvalue weighted by atomic mass is 79.9. The highest BCUT2D eigenvalue weighted by Crippen LogP contribution is 2.33. The zero-order valence-electron chi connectivity index (χ0n) is 11.1. The third-order valence-corrected chi connectivity index (χ3v) is 3.79. The van der Waals surface area contributed by atoms with Gasteiger partial charge in [0.2, 0.25) is 0 Å². The van der Waals surface area contributed by atoms with E-state index in [4.69, 9.17) is 4.42 Å². The topological polar surface area (TPSA) is 38.1 Å². The molecule has 3 nitrogen and oxygen atoms in total. The average Bonchev–Trinajstić information content (AvgIpc) is 2.77. The summed E-state index contributed by atoms with van der Waals surface area (Å²) in [5.74, 6) is 0.796. The first kappa shape index (κ1) is 14.8. The van der Waals surface area contributed by atoms with Gasteiger partial charge in [-0.2, -0.15) is 0 Å². The van der Waals surface area contributed by atoms with Gasteiger partial charge in [0.05, 0.1) is 0 Å². The third kappa shape index (κ3) is 3.91. The number of nitrogens with one attached hydrogen (secondary N) is 1. The van der Waals surface area contributed by atoms with Crippen LogP contribution in [0.5, 0.6) is 0 Å². The third-order valence-electron chi connectivity index (χ3n) is 2.60. The van der Waals surface area contributed by atoms with Crippen LogP contribution in [0.25, 0.3) is 11.3 Å². The second kappa shape index (κ2) is 5.77. The Kier molecular flexibility index (Phi) is 4.48. The minimum absolute atomic E-state index is 0.0464. The lowest BCUT2D eigenvalue weighted by Crippen LogP contribution is -2.35. The van der Waals surface area contributed by atoms with Crippen LogP contribution >= 0.6 is 31.9 Å². The molecule has 0 bridgehead atoms. The van der Waals surface area contributed by atoms with Crippen LogP contribution in [-0.2, 0) is 6.54 Å². The Morgan fingerprint density at radius 2 is 2.00 bits per heavy atom. The van der Waals surface area contributed by atoms with Gasteiger partial charge in [-0.3, -0.25) is 0 Å². The van der Waals surface area contributed by atoms with Crippen molar-refractivity contribution < 1.29 is 4.42 Å². The molecule has 0 aliphatic carbocycles. The maximum Gasteiger partial charge on any atom is 0.181 e. The number of nitrogens with zero attached hydrogens (tertiary/aromatic N) is 1. The lowest BCUT2D eigenvalue weighted by Gasteiger charge is -2.19. The molecule has 1 N–H and O–H groups in total. The molecule has 1 heterocycles. The van der Waals surface area contributed by atoms with Crippen molar-refractivity contribution >= 4 is 31.9 Å². The van der Waals surface area contributed by atoms with Gasteiger partial charge < -0.3 is 9.73 Å². The second-order valence-electron chi connectivity index (χ2n) is 5.36. The van der Waals surface area contributed by atoms with E-state index in [0.29, 0.717) is 6.54 Å². The molecular formula is C14H16Br2N2O. The van der Waals surface area contributed by atoms with Gasteiger partial charge in [-0.1, -0.05) is 31.9 Å². The number of rotatable bonds is 3. The van der Waals surface area contributed by atoms with Gasteiger partial charge in [0.25, 0.3) is 0 Å². The van der Waals surface area contributed by atoms with Crippen molar-refractivity contribution in [2.24, 2.45) is 0 Å². The summed E-state index contributed by atoms with van der Waals surface area (Å²) in [5.41, 5.74) is 1.95. The fourth-order valence-electron chi connectivity index (χ4n) is 1.63. The van der Waals surface area contributed by atoms with E-state index in [2.05, 4.69) is 62.9 Å². The smallest absolute Gasteiger partial charge is 0.181 e. The first-order valence-electron chi connectivity index (χ1n) is 5.99. The minimum Gasteiger partial charge on any atom is -0.443 e. The van der Waals surface area contributed by atoms with Gasteiger partial charge in [-0.05, 0) is 39.0 Å². The Labute approximate surface area is 130 Å². The van der Waals surface area contributed by atoms with Gasteiger partial charge >= 0.3 is 0 Å². The SMILES string of the molecule is CC(C)(C)NCc1ncoc1-c1cc(Br)ccc1Br. The quantitative estimate of drug-likeness (QED) is 0.825. The van der Waals surface area contributed by atoms with Crippen LogP contribution in [0, 0.1) is 0 Å². The van der Waals surface area contributed by atoms with Crippen molar-refractivity contribution in [3.05, 3.63) is 39.2 Å². The summed E-state index contributed by atoms with van der Waals surface area (Å²) in [5, 5.41) is 3.42. The van der Waals surface area contributed by atoms with Crippen LogP contribution in [0.3, 0.4) is 0 Å². The van der Waals surface area contributed by atoms with Crippen molar-refractivity contribution in [1.29, 1.82) is 0 Å². The van der Waals surface area contributed by atoms with Gasteiger partial charge in [0.1, 0.15) is 5.69 Å². The lowest BCUT2D eigenvalue weighted by atomic mass is 10.1. The van der Waals surface area contributed by atoms with E-state index in [-0.39, 0.29) is 5.54 Å². The summed E-state index contributed by atoms with van der Waals surface area (Å²) in [4.78, 5) is 4.30. The molecule has 0 atom stereocenters. The lowest BCUT2D eigenvalue weighted by molar-refractivity contribution is 0.421. The molecule has 19 heavy (non-hydrogen) atoms. The molecule has 1 aromatic carbocycles. The highest BCUT2D eigenvalue weighted by Gasteiger charge is 2.16. The Hall–Kier alpha value is -0.650. The fraction of sp³-hybridized carbons (Fsp3) is 0.357. The maximum absolute atomic E-state index is 5.55. The monoisotopic (exact) mass is 386 g/mol. The summed E-state index contributed by atoms with van der Waals surface area (Å²) < 4.78 is 7.55. The average molecular weight is 388 g/mol. The first-order chi connectivity index (χ1) is 8.87. The summed E-state index contributed by atoms with van der Waals surface area (Å²) in [7, 11) is 0. The molecule has 0 saturated heterocycles. The predicted octanol–water partition coefficient (Wildman–Crippen LogP) is 4.75. The summed E-state index contributed by atoms with van der Waals surface area (Å²) in [6.07, 6.45) is 1.49. The fourth-order valence-corrected chi connectivity index (χ4v) is 2.42. The molecule has 0 aliphatic rings. The van der Waals surface area contributed by atoms with Crippen molar-refractivity contribution in [2.75, 3.05) is 0 Å². The zero-order valence-corrected chi connectivity index (χ0v) is 14.3. The zero-order chi connectivity index (χ0) is 14.0. The van der Waals surface area contributed by atoms with Crippen molar-refractivity contribution in [2.45, 2.75) is 32.9 Å². The van der Waals surface area contributed by atoms with Crippen molar-refractivity contribution in [1.82, 2.24) is 10.3 Å². The molecule has 1 aromatic heterocycles. The summed E-state index contributed by atoms with van der Waals surface area (Å²) >= 11 is 7.03. The highest BCUT2D eigenvalue weighted by molar-refractivity contribution is 9.11. The molecule has 0 spiro atoms. The maximum atomic E-state index is 5.55. The van der Waals surface area contributed by atoms with Crippen LogP contribution in [-0.4, -0.2) is 10.5 Å². The van der Waals surface area contributed by atoms with E-state index in [9.17, 15) is 0 Å². The van der Waals surface area contributed by atoms with Crippen molar-refractivity contribution in [3.63, 3.8) is 0 Å². The molecule has 5 heteroatoms. The second-order valence-corrected chi connectivity index (χ2v) is 7.13. The number of benzene rings is 1. The number of halogens is 2. The van der Waals surface area contributed by atoms with Gasteiger partial charge in [0.15, 0.2) is 12.2 Å². The molecule has 2 aromatic rings. The van der Waals surface area contributed by atoms with Crippen LogP contribution in [0.4, 0.5) is 0 Å². The van der Waals surface area contributed by atoms with Crippen LogP contribution in [0.15, 0.2) is 38.0 Å². The molecule has 0 fully saturated rings. The molecule has 102 valence electrons. The first-order valence-corrected chi connectivity index (χ1v) is 7.58. The molecule has 0 radical (unpaired) electrons. The number of aromatic nitrogens is 1. The Balaban J connectivity index is 2.31. The van der Waals surface area contributed by atoms with Gasteiger partial charge in [-0.25, -0.2) is 4.98 Å². The van der Waals surface area contributed by atoms with Crippen molar-refractivity contribution in [3.8, 4) is 11.3 Å². The normalized spacial score (nSPS) is 11.8. The van der Waals surface area contributed by atoms with Gasteiger partial charge in [-0.15, -0.1) is 0 Å². The molecule has 2 rings (SSSR count).